The average Bonchev–Trinajstić information content (AvgIpc) is 2.31. The van der Waals surface area contributed by atoms with Crippen LogP contribution in [0.15, 0.2) is 28.7 Å². The van der Waals surface area contributed by atoms with Crippen LogP contribution in [0.5, 0.6) is 0 Å². The Balaban J connectivity index is 2.36. The van der Waals surface area contributed by atoms with Crippen LogP contribution in [0.25, 0.3) is 0 Å². The first-order valence-electron chi connectivity index (χ1n) is 6.03. The molecule has 1 N–H and O–H groups in total. The Morgan fingerprint density at radius 3 is 2.50 bits per heavy atom. The number of nitrogens with one attached hydrogen (secondary N) is 1. The van der Waals surface area contributed by atoms with Crippen molar-refractivity contribution in [3.8, 4) is 0 Å². The monoisotopic (exact) mass is 357 g/mol. The maximum atomic E-state index is 13.1. The van der Waals surface area contributed by atoms with Crippen LogP contribution in [-0.4, -0.2) is 9.97 Å². The van der Waals surface area contributed by atoms with E-state index in [4.69, 9.17) is 11.6 Å². The second-order valence-electron chi connectivity index (χ2n) is 5.40. The fraction of sp³-hybridized carbons (Fsp3) is 0.286. The van der Waals surface area contributed by atoms with E-state index in [0.29, 0.717) is 27.0 Å². The minimum absolute atomic E-state index is 0.207. The summed E-state index contributed by atoms with van der Waals surface area (Å²) < 4.78 is 13.7. The van der Waals surface area contributed by atoms with Gasteiger partial charge in [-0.05, 0) is 34.1 Å². The van der Waals surface area contributed by atoms with Crippen molar-refractivity contribution in [2.75, 3.05) is 5.32 Å². The minimum Gasteiger partial charge on any atom is -0.339 e. The third-order valence-corrected chi connectivity index (χ3v) is 3.41. The summed E-state index contributed by atoms with van der Waals surface area (Å²) in [6.45, 7) is 6.03. The molecule has 0 radical (unpaired) electrons. The van der Waals surface area contributed by atoms with Gasteiger partial charge in [0.2, 0.25) is 0 Å². The van der Waals surface area contributed by atoms with Crippen LogP contribution >= 0.6 is 27.5 Å². The summed E-state index contributed by atoms with van der Waals surface area (Å²) in [5.74, 6) is 0.909. The van der Waals surface area contributed by atoms with Crippen molar-refractivity contribution < 1.29 is 4.39 Å². The van der Waals surface area contributed by atoms with Crippen molar-refractivity contribution in [1.29, 1.82) is 0 Å². The normalized spacial score (nSPS) is 11.5. The molecule has 0 spiro atoms. The fourth-order valence-electron chi connectivity index (χ4n) is 1.55. The summed E-state index contributed by atoms with van der Waals surface area (Å²) in [4.78, 5) is 8.67. The molecular formula is C14H14BrClFN3. The number of benzene rings is 1. The first kappa shape index (κ1) is 15.2. The summed E-state index contributed by atoms with van der Waals surface area (Å²) in [5.41, 5.74) is 0.502. The van der Waals surface area contributed by atoms with E-state index in [1.807, 2.05) is 20.8 Å². The molecule has 3 nitrogen and oxygen atoms in total. The third kappa shape index (κ3) is 3.67. The Labute approximate surface area is 130 Å². The predicted molar refractivity (Wildman–Crippen MR) is 83.1 cm³/mol. The highest BCUT2D eigenvalue weighted by Crippen LogP contribution is 2.28. The molecule has 0 saturated carbocycles. The molecule has 1 heterocycles. The van der Waals surface area contributed by atoms with Gasteiger partial charge in [0.05, 0.1) is 5.69 Å². The lowest BCUT2D eigenvalue weighted by molar-refractivity contribution is 0.546. The molecule has 20 heavy (non-hydrogen) atoms. The van der Waals surface area contributed by atoms with Gasteiger partial charge in [0.15, 0.2) is 0 Å². The van der Waals surface area contributed by atoms with Gasteiger partial charge in [0, 0.05) is 16.0 Å². The number of hydrogen-bond acceptors (Lipinski definition) is 3. The molecule has 0 aliphatic carbocycles. The lowest BCUT2D eigenvalue weighted by Gasteiger charge is -2.18. The Bertz CT molecular complexity index is 641. The minimum atomic E-state index is -0.307. The van der Waals surface area contributed by atoms with Crippen LogP contribution in [0, 0.1) is 5.82 Å². The number of halogens is 3. The van der Waals surface area contributed by atoms with E-state index < -0.39 is 0 Å². The molecule has 1 aromatic carbocycles. The van der Waals surface area contributed by atoms with Crippen molar-refractivity contribution in [3.05, 3.63) is 45.5 Å². The Hall–Kier alpha value is -1.20. The highest BCUT2D eigenvalue weighted by Gasteiger charge is 2.19. The molecule has 1 aromatic heterocycles. The number of nitrogens with zero attached hydrogens (tertiary/aromatic N) is 2. The quantitative estimate of drug-likeness (QED) is 0.761. The van der Waals surface area contributed by atoms with Crippen LogP contribution in [0.2, 0.25) is 5.15 Å². The smallest absolute Gasteiger partial charge is 0.137 e. The van der Waals surface area contributed by atoms with Crippen molar-refractivity contribution in [2.24, 2.45) is 0 Å². The van der Waals surface area contributed by atoms with E-state index in [9.17, 15) is 4.39 Å². The first-order valence-corrected chi connectivity index (χ1v) is 7.20. The zero-order valence-corrected chi connectivity index (χ0v) is 13.7. The Morgan fingerprint density at radius 2 is 1.90 bits per heavy atom. The van der Waals surface area contributed by atoms with E-state index in [-0.39, 0.29) is 11.2 Å². The highest BCUT2D eigenvalue weighted by molar-refractivity contribution is 9.10. The molecule has 0 aliphatic rings. The van der Waals surface area contributed by atoms with Crippen molar-refractivity contribution >= 4 is 39.0 Å². The van der Waals surface area contributed by atoms with Gasteiger partial charge in [-0.25, -0.2) is 14.4 Å². The molecule has 2 aromatic rings. The summed E-state index contributed by atoms with van der Waals surface area (Å²) in [6, 6.07) is 6.02. The molecule has 0 fully saturated rings. The lowest BCUT2D eigenvalue weighted by Crippen LogP contribution is -2.16. The summed E-state index contributed by atoms with van der Waals surface area (Å²) >= 11 is 9.33. The van der Waals surface area contributed by atoms with Gasteiger partial charge in [-0.2, -0.15) is 0 Å². The zero-order chi connectivity index (χ0) is 14.9. The predicted octanol–water partition coefficient (Wildman–Crippen LogP) is 5.07. The van der Waals surface area contributed by atoms with Crippen LogP contribution in [-0.2, 0) is 5.41 Å². The highest BCUT2D eigenvalue weighted by atomic mass is 79.9. The zero-order valence-electron chi connectivity index (χ0n) is 11.3. The maximum absolute atomic E-state index is 13.1. The molecular weight excluding hydrogens is 345 g/mol. The van der Waals surface area contributed by atoms with Gasteiger partial charge in [-0.3, -0.25) is 0 Å². The lowest BCUT2D eigenvalue weighted by atomic mass is 9.96. The van der Waals surface area contributed by atoms with Crippen LogP contribution in [0.1, 0.15) is 26.6 Å². The molecule has 0 unspecified atom stereocenters. The Kier molecular flexibility index (Phi) is 4.30. The molecule has 106 valence electrons. The van der Waals surface area contributed by atoms with E-state index in [1.165, 1.54) is 12.1 Å². The summed E-state index contributed by atoms with van der Waals surface area (Å²) in [6.07, 6.45) is 0. The summed E-state index contributed by atoms with van der Waals surface area (Å²) in [7, 11) is 0. The SMILES string of the molecule is CC(C)(C)c1nc(Cl)cc(Nc2ccc(F)cc2Br)n1. The second-order valence-corrected chi connectivity index (χ2v) is 6.64. The van der Waals surface area contributed by atoms with Crippen molar-refractivity contribution in [1.82, 2.24) is 9.97 Å². The number of rotatable bonds is 2. The van der Waals surface area contributed by atoms with Crippen LogP contribution < -0.4 is 5.32 Å². The van der Waals surface area contributed by atoms with E-state index in [1.54, 1.807) is 12.1 Å². The largest absolute Gasteiger partial charge is 0.339 e. The number of anilines is 2. The van der Waals surface area contributed by atoms with Crippen LogP contribution in [0.3, 0.4) is 0 Å². The van der Waals surface area contributed by atoms with Crippen molar-refractivity contribution in [3.63, 3.8) is 0 Å². The first-order chi connectivity index (χ1) is 9.25. The Morgan fingerprint density at radius 1 is 1.20 bits per heavy atom. The molecule has 0 aliphatic heterocycles. The second kappa shape index (κ2) is 5.66. The molecule has 6 heteroatoms. The molecule has 0 amide bonds. The summed E-state index contributed by atoms with van der Waals surface area (Å²) in [5, 5.41) is 3.47. The average molecular weight is 359 g/mol. The van der Waals surface area contributed by atoms with E-state index >= 15 is 0 Å². The molecule has 0 bridgehead atoms. The van der Waals surface area contributed by atoms with Crippen molar-refractivity contribution in [2.45, 2.75) is 26.2 Å². The number of hydrogen-bond donors (Lipinski definition) is 1. The van der Waals surface area contributed by atoms with Gasteiger partial charge in [0.1, 0.15) is 22.6 Å². The standard InChI is InChI=1S/C14H14BrClFN3/c1-14(2,3)13-19-11(16)7-12(20-13)18-10-5-4-8(17)6-9(10)15/h4-7H,1-3H3,(H,18,19,20). The molecule has 2 rings (SSSR count). The molecule has 0 saturated heterocycles. The van der Waals surface area contributed by atoms with Gasteiger partial charge in [-0.15, -0.1) is 0 Å². The van der Waals surface area contributed by atoms with Gasteiger partial charge < -0.3 is 5.32 Å². The van der Waals surface area contributed by atoms with Crippen LogP contribution in [0.4, 0.5) is 15.9 Å². The number of aromatic nitrogens is 2. The maximum Gasteiger partial charge on any atom is 0.137 e. The van der Waals surface area contributed by atoms with E-state index in [2.05, 4.69) is 31.2 Å². The topological polar surface area (TPSA) is 37.8 Å². The fourth-order valence-corrected chi connectivity index (χ4v) is 2.18. The third-order valence-electron chi connectivity index (χ3n) is 2.56. The molecule has 0 atom stereocenters. The van der Waals surface area contributed by atoms with Gasteiger partial charge in [-0.1, -0.05) is 32.4 Å². The van der Waals surface area contributed by atoms with Gasteiger partial charge >= 0.3 is 0 Å². The van der Waals surface area contributed by atoms with Gasteiger partial charge in [0.25, 0.3) is 0 Å². The van der Waals surface area contributed by atoms with E-state index in [0.717, 1.165) is 0 Å².